The second-order valence-electron chi connectivity index (χ2n) is 7.90. The summed E-state index contributed by atoms with van der Waals surface area (Å²) in [5.74, 6) is -6.90. The predicted molar refractivity (Wildman–Crippen MR) is 101 cm³/mol. The lowest BCUT2D eigenvalue weighted by atomic mass is 9.89. The zero-order chi connectivity index (χ0) is 20.6. The van der Waals surface area contributed by atoms with E-state index in [0.29, 0.717) is 13.0 Å². The molecule has 0 bridgehead atoms. The summed E-state index contributed by atoms with van der Waals surface area (Å²) in [6.45, 7) is 4.21. The average Bonchev–Trinajstić information content (AvgIpc) is 2.59. The van der Waals surface area contributed by atoms with Gasteiger partial charge in [-0.3, -0.25) is 14.4 Å². The van der Waals surface area contributed by atoms with Gasteiger partial charge in [0.25, 0.3) is 11.7 Å². The monoisotopic (exact) mass is 385 g/mol. The average molecular weight is 386 g/mol. The number of primary amides is 1. The fourth-order valence-corrected chi connectivity index (χ4v) is 3.38. The van der Waals surface area contributed by atoms with Crippen molar-refractivity contribution in [1.29, 1.82) is 0 Å². The molecule has 1 heterocycles. The van der Waals surface area contributed by atoms with Crippen LogP contribution in [0.5, 0.6) is 0 Å². The molecule has 0 aromatic carbocycles. The van der Waals surface area contributed by atoms with Gasteiger partial charge in [0.15, 0.2) is 0 Å². The van der Waals surface area contributed by atoms with Gasteiger partial charge >= 0.3 is 0 Å². The Hall–Kier alpha value is -1.67. The molecule has 5 N–H and O–H groups in total. The van der Waals surface area contributed by atoms with E-state index in [1.54, 1.807) is 25.8 Å². The highest BCUT2D eigenvalue weighted by Gasteiger charge is 2.45. The van der Waals surface area contributed by atoms with Gasteiger partial charge in [-0.05, 0) is 18.8 Å². The second-order valence-corrected chi connectivity index (χ2v) is 7.90. The molecule has 0 radical (unpaired) electrons. The third kappa shape index (κ3) is 6.77. The van der Waals surface area contributed by atoms with Crippen molar-refractivity contribution in [2.75, 3.05) is 13.6 Å². The van der Waals surface area contributed by atoms with Crippen molar-refractivity contribution in [2.45, 2.75) is 77.0 Å². The van der Waals surface area contributed by atoms with Crippen LogP contribution in [0.1, 0.15) is 65.2 Å². The Labute approximate surface area is 161 Å². The molecule has 1 saturated heterocycles. The molecule has 3 amide bonds. The Morgan fingerprint density at radius 3 is 2.15 bits per heavy atom. The highest BCUT2D eigenvalue weighted by molar-refractivity contribution is 5.93. The van der Waals surface area contributed by atoms with Crippen LogP contribution in [0.25, 0.3) is 0 Å². The van der Waals surface area contributed by atoms with Gasteiger partial charge in [-0.15, -0.1) is 0 Å². The van der Waals surface area contributed by atoms with E-state index in [1.165, 1.54) is 0 Å². The fourth-order valence-electron chi connectivity index (χ4n) is 3.38. The van der Waals surface area contributed by atoms with Crippen LogP contribution in [0.15, 0.2) is 0 Å². The molecule has 27 heavy (non-hydrogen) atoms. The van der Waals surface area contributed by atoms with Gasteiger partial charge in [-0.25, -0.2) is 0 Å². The minimum Gasteiger partial charge on any atom is -0.365 e. The molecule has 0 spiro atoms. The Kier molecular flexibility index (Phi) is 9.18. The van der Waals surface area contributed by atoms with Crippen molar-refractivity contribution in [2.24, 2.45) is 17.6 Å². The molecule has 0 aromatic rings. The number of nitrogens with one attached hydrogen (secondary N) is 1. The maximum absolute atomic E-state index is 12.8. The third-order valence-corrected chi connectivity index (χ3v) is 5.26. The molecule has 0 saturated carbocycles. The molecule has 1 aliphatic heterocycles. The van der Waals surface area contributed by atoms with Crippen LogP contribution in [-0.4, -0.2) is 58.3 Å². The summed E-state index contributed by atoms with van der Waals surface area (Å²) in [7, 11) is 1.70. The van der Waals surface area contributed by atoms with E-state index >= 15 is 0 Å². The van der Waals surface area contributed by atoms with Gasteiger partial charge in [-0.1, -0.05) is 52.4 Å². The number of likely N-dealkylation sites (N-methyl/N-ethyl adjacent to an activating group) is 1. The van der Waals surface area contributed by atoms with E-state index in [9.17, 15) is 24.6 Å². The Bertz CT molecular complexity index is 521. The number of aliphatic hydroxyl groups is 2. The molecule has 8 nitrogen and oxygen atoms in total. The number of nitrogens with zero attached hydrogens (tertiary/aromatic N) is 1. The molecular formula is C19H35N3O5. The van der Waals surface area contributed by atoms with Crippen molar-refractivity contribution >= 4 is 17.7 Å². The zero-order valence-electron chi connectivity index (χ0n) is 16.7. The first-order chi connectivity index (χ1) is 12.6. The molecule has 0 unspecified atom stereocenters. The molecule has 2 atom stereocenters. The van der Waals surface area contributed by atoms with E-state index in [4.69, 9.17) is 5.73 Å². The van der Waals surface area contributed by atoms with Gasteiger partial charge in [0.05, 0.1) is 0 Å². The maximum Gasteiger partial charge on any atom is 0.278 e. The Morgan fingerprint density at radius 2 is 1.63 bits per heavy atom. The van der Waals surface area contributed by atoms with Crippen LogP contribution in [0, 0.1) is 11.8 Å². The highest BCUT2D eigenvalue weighted by atomic mass is 16.5. The molecule has 156 valence electrons. The molecule has 1 rings (SSSR count). The number of hydrogen-bond acceptors (Lipinski definition) is 5. The van der Waals surface area contributed by atoms with Gasteiger partial charge in [0, 0.05) is 13.6 Å². The van der Waals surface area contributed by atoms with Gasteiger partial charge in [-0.2, -0.15) is 0 Å². The van der Waals surface area contributed by atoms with E-state index in [2.05, 4.69) is 5.32 Å². The lowest BCUT2D eigenvalue weighted by molar-refractivity contribution is -0.205. The summed E-state index contributed by atoms with van der Waals surface area (Å²) in [5.41, 5.74) is 5.10. The van der Waals surface area contributed by atoms with Crippen LogP contribution in [0.3, 0.4) is 0 Å². The Balaban J connectivity index is 3.08. The van der Waals surface area contributed by atoms with Crippen molar-refractivity contribution in [3.05, 3.63) is 0 Å². The first-order valence-corrected chi connectivity index (χ1v) is 9.89. The van der Waals surface area contributed by atoms with E-state index in [-0.39, 0.29) is 18.2 Å². The maximum atomic E-state index is 12.8. The molecule has 1 aliphatic rings. The smallest absolute Gasteiger partial charge is 0.278 e. The number of rotatable bonds is 3. The lowest BCUT2D eigenvalue weighted by Gasteiger charge is -2.31. The summed E-state index contributed by atoms with van der Waals surface area (Å²) in [4.78, 5) is 38.6. The third-order valence-electron chi connectivity index (χ3n) is 5.26. The minimum absolute atomic E-state index is 0.108. The molecule has 1 fully saturated rings. The normalized spacial score (nSPS) is 24.9. The predicted octanol–water partition coefficient (Wildman–Crippen LogP) is 0.502. The van der Waals surface area contributed by atoms with E-state index in [0.717, 1.165) is 38.5 Å². The minimum atomic E-state index is -2.95. The van der Waals surface area contributed by atoms with Crippen LogP contribution < -0.4 is 11.1 Å². The molecule has 0 aromatic heterocycles. The molecule has 0 aliphatic carbocycles. The van der Waals surface area contributed by atoms with Crippen molar-refractivity contribution in [3.63, 3.8) is 0 Å². The number of nitrogens with two attached hydrogens (primary N) is 1. The Morgan fingerprint density at radius 1 is 1.11 bits per heavy atom. The number of amides is 3. The standard InChI is InChI=1S/C19H35N3O5/c1-13(2)15-17(24)22(3)12-10-8-6-4-5-7-9-11-14(16(23)21-15)19(26,27)18(20)25/h13-15,26-27H,4-12H2,1-3H3,(H2,20,25)(H,21,23)/t14-,15-/m0/s1. The topological polar surface area (TPSA) is 133 Å². The van der Waals surface area contributed by atoms with Crippen LogP contribution in [0.4, 0.5) is 0 Å². The first kappa shape index (κ1) is 23.4. The van der Waals surface area contributed by atoms with Gasteiger partial charge in [0.1, 0.15) is 12.0 Å². The van der Waals surface area contributed by atoms with Crippen molar-refractivity contribution in [1.82, 2.24) is 10.2 Å². The van der Waals surface area contributed by atoms with Crippen molar-refractivity contribution in [3.8, 4) is 0 Å². The summed E-state index contributed by atoms with van der Waals surface area (Å²) in [6.07, 6.45) is 6.52. The largest absolute Gasteiger partial charge is 0.365 e. The summed E-state index contributed by atoms with van der Waals surface area (Å²) >= 11 is 0. The quantitative estimate of drug-likeness (QED) is 0.525. The number of hydrogen-bond donors (Lipinski definition) is 4. The SMILES string of the molecule is CC(C)[C@@H]1NC(=O)[C@@H](C(O)(O)C(N)=O)CCCCCCCCCN(C)C1=O. The lowest BCUT2D eigenvalue weighted by Crippen LogP contribution is -2.58. The molecular weight excluding hydrogens is 350 g/mol. The van der Waals surface area contributed by atoms with Gasteiger partial charge < -0.3 is 26.2 Å². The van der Waals surface area contributed by atoms with Crippen LogP contribution in [-0.2, 0) is 14.4 Å². The fraction of sp³-hybridized carbons (Fsp3) is 0.842. The number of carbonyl (C=O) groups is 3. The summed E-state index contributed by atoms with van der Waals surface area (Å²) in [5, 5.41) is 22.8. The zero-order valence-corrected chi connectivity index (χ0v) is 16.7. The number of carbonyl (C=O) groups excluding carboxylic acids is 3. The van der Waals surface area contributed by atoms with E-state index < -0.39 is 29.6 Å². The van der Waals surface area contributed by atoms with Crippen molar-refractivity contribution < 1.29 is 24.6 Å². The highest BCUT2D eigenvalue weighted by Crippen LogP contribution is 2.23. The van der Waals surface area contributed by atoms with E-state index in [1.807, 2.05) is 0 Å². The summed E-state index contributed by atoms with van der Waals surface area (Å²) in [6, 6.07) is -0.807. The molecule has 8 heteroatoms. The summed E-state index contributed by atoms with van der Waals surface area (Å²) < 4.78 is 0. The van der Waals surface area contributed by atoms with Crippen LogP contribution >= 0.6 is 0 Å². The van der Waals surface area contributed by atoms with Gasteiger partial charge in [0.2, 0.25) is 11.8 Å². The first-order valence-electron chi connectivity index (χ1n) is 9.89. The second kappa shape index (κ2) is 10.6. The van der Waals surface area contributed by atoms with Crippen LogP contribution in [0.2, 0.25) is 0 Å².